The van der Waals surface area contributed by atoms with Crippen molar-refractivity contribution in [3.05, 3.63) is 35.4 Å². The Balaban J connectivity index is 2.56. The van der Waals surface area contributed by atoms with Crippen LogP contribution in [0.1, 0.15) is 51.8 Å². The molecule has 1 N–H and O–H groups in total. The molecular weight excluding hydrogens is 194 g/mol. The molecule has 1 heteroatoms. The summed E-state index contributed by atoms with van der Waals surface area (Å²) in [7, 11) is 0. The molecule has 90 valence electrons. The summed E-state index contributed by atoms with van der Waals surface area (Å²) < 4.78 is 0. The van der Waals surface area contributed by atoms with Crippen molar-refractivity contribution in [2.45, 2.75) is 47.1 Å². The number of nitrogens with one attached hydrogen (secondary N) is 1. The van der Waals surface area contributed by atoms with Gasteiger partial charge in [-0.3, -0.25) is 0 Å². The molecule has 0 heterocycles. The van der Waals surface area contributed by atoms with Crippen LogP contribution in [0.2, 0.25) is 0 Å². The molecule has 1 nitrogen and oxygen atoms in total. The summed E-state index contributed by atoms with van der Waals surface area (Å²) in [5, 5.41) is 3.58. The molecule has 0 aliphatic rings. The third-order valence-corrected chi connectivity index (χ3v) is 2.83. The van der Waals surface area contributed by atoms with Crippen LogP contribution in [-0.2, 0) is 6.42 Å². The molecule has 0 fully saturated rings. The maximum Gasteiger partial charge on any atom is 0.0292 e. The van der Waals surface area contributed by atoms with Crippen LogP contribution in [0.3, 0.4) is 0 Å². The van der Waals surface area contributed by atoms with Crippen molar-refractivity contribution in [2.24, 2.45) is 5.41 Å². The van der Waals surface area contributed by atoms with Crippen LogP contribution in [0.4, 0.5) is 0 Å². The first kappa shape index (κ1) is 13.2. The topological polar surface area (TPSA) is 12.0 Å². The summed E-state index contributed by atoms with van der Waals surface area (Å²) in [4.78, 5) is 0. The molecule has 1 aromatic rings. The van der Waals surface area contributed by atoms with Gasteiger partial charge in [-0.25, -0.2) is 0 Å². The van der Waals surface area contributed by atoms with Crippen LogP contribution < -0.4 is 5.32 Å². The van der Waals surface area contributed by atoms with Crippen molar-refractivity contribution in [3.8, 4) is 0 Å². The molecule has 16 heavy (non-hydrogen) atoms. The zero-order chi connectivity index (χ0) is 12.2. The van der Waals surface area contributed by atoms with E-state index >= 15 is 0 Å². The highest BCUT2D eigenvalue weighted by molar-refractivity contribution is 5.24. The van der Waals surface area contributed by atoms with Gasteiger partial charge in [-0.15, -0.1) is 0 Å². The molecular formula is C15H25N. The highest BCUT2D eigenvalue weighted by atomic mass is 14.9. The van der Waals surface area contributed by atoms with Crippen molar-refractivity contribution in [1.29, 1.82) is 0 Å². The van der Waals surface area contributed by atoms with Gasteiger partial charge in [0.25, 0.3) is 0 Å². The molecule has 1 rings (SSSR count). The molecule has 1 unspecified atom stereocenters. The first-order chi connectivity index (χ1) is 7.42. The van der Waals surface area contributed by atoms with Crippen LogP contribution in [0.5, 0.6) is 0 Å². The van der Waals surface area contributed by atoms with Gasteiger partial charge in [-0.2, -0.15) is 0 Å². The molecule has 0 aromatic heterocycles. The molecule has 1 aromatic carbocycles. The predicted octanol–water partition coefficient (Wildman–Crippen LogP) is 3.95. The first-order valence-corrected chi connectivity index (χ1v) is 6.24. The van der Waals surface area contributed by atoms with E-state index in [2.05, 4.69) is 64.2 Å². The second-order valence-electron chi connectivity index (χ2n) is 5.76. The summed E-state index contributed by atoms with van der Waals surface area (Å²) in [6.45, 7) is 12.2. The molecule has 0 saturated carbocycles. The molecule has 0 bridgehead atoms. The summed E-state index contributed by atoms with van der Waals surface area (Å²) in [6, 6.07) is 9.36. The van der Waals surface area contributed by atoms with Crippen molar-refractivity contribution in [2.75, 3.05) is 6.54 Å². The van der Waals surface area contributed by atoms with E-state index in [-0.39, 0.29) is 0 Å². The van der Waals surface area contributed by atoms with E-state index in [1.807, 2.05) is 0 Å². The van der Waals surface area contributed by atoms with Gasteiger partial charge in [0.1, 0.15) is 0 Å². The van der Waals surface area contributed by atoms with Gasteiger partial charge >= 0.3 is 0 Å². The molecule has 0 spiro atoms. The molecule has 0 saturated heterocycles. The monoisotopic (exact) mass is 219 g/mol. The average molecular weight is 219 g/mol. The summed E-state index contributed by atoms with van der Waals surface area (Å²) >= 11 is 0. The molecule has 0 aliphatic heterocycles. The fourth-order valence-electron chi connectivity index (χ4n) is 1.62. The van der Waals surface area contributed by atoms with Crippen LogP contribution in [-0.4, -0.2) is 6.54 Å². The lowest BCUT2D eigenvalue weighted by Gasteiger charge is -2.23. The van der Waals surface area contributed by atoms with Gasteiger partial charge in [0.15, 0.2) is 0 Å². The van der Waals surface area contributed by atoms with Crippen LogP contribution >= 0.6 is 0 Å². The van der Waals surface area contributed by atoms with E-state index in [9.17, 15) is 0 Å². The second kappa shape index (κ2) is 5.49. The maximum atomic E-state index is 3.58. The number of hydrogen-bond acceptors (Lipinski definition) is 1. The zero-order valence-corrected chi connectivity index (χ0v) is 11.3. The van der Waals surface area contributed by atoms with E-state index in [0.717, 1.165) is 13.0 Å². The zero-order valence-electron chi connectivity index (χ0n) is 11.3. The minimum Gasteiger partial charge on any atom is -0.310 e. The van der Waals surface area contributed by atoms with Gasteiger partial charge in [0.2, 0.25) is 0 Å². The lowest BCUT2D eigenvalue weighted by molar-refractivity contribution is 0.359. The fourth-order valence-corrected chi connectivity index (χ4v) is 1.62. The number of benzene rings is 1. The van der Waals surface area contributed by atoms with Gasteiger partial charge in [0.05, 0.1) is 0 Å². The SMILES string of the molecule is CCc1ccc(C(C)NCC(C)(C)C)cc1. The largest absolute Gasteiger partial charge is 0.310 e. The maximum absolute atomic E-state index is 3.58. The lowest BCUT2D eigenvalue weighted by Crippen LogP contribution is -2.29. The van der Waals surface area contributed by atoms with Gasteiger partial charge in [-0.1, -0.05) is 52.0 Å². The van der Waals surface area contributed by atoms with Crippen molar-refractivity contribution in [1.82, 2.24) is 5.32 Å². The van der Waals surface area contributed by atoms with Crippen LogP contribution in [0.25, 0.3) is 0 Å². The third kappa shape index (κ3) is 4.36. The Morgan fingerprint density at radius 1 is 1.12 bits per heavy atom. The van der Waals surface area contributed by atoms with Gasteiger partial charge < -0.3 is 5.32 Å². The van der Waals surface area contributed by atoms with E-state index in [1.54, 1.807) is 0 Å². The first-order valence-electron chi connectivity index (χ1n) is 6.24. The van der Waals surface area contributed by atoms with E-state index in [0.29, 0.717) is 11.5 Å². The second-order valence-corrected chi connectivity index (χ2v) is 5.76. The van der Waals surface area contributed by atoms with E-state index in [1.165, 1.54) is 11.1 Å². The Kier molecular flexibility index (Phi) is 4.55. The molecule has 0 amide bonds. The Bertz CT molecular complexity index is 305. The minimum absolute atomic E-state index is 0.345. The van der Waals surface area contributed by atoms with Crippen molar-refractivity contribution < 1.29 is 0 Å². The predicted molar refractivity (Wildman–Crippen MR) is 71.7 cm³/mol. The van der Waals surface area contributed by atoms with Crippen LogP contribution in [0.15, 0.2) is 24.3 Å². The van der Waals surface area contributed by atoms with E-state index < -0.39 is 0 Å². The third-order valence-electron chi connectivity index (χ3n) is 2.83. The van der Waals surface area contributed by atoms with Crippen molar-refractivity contribution >= 4 is 0 Å². The lowest BCUT2D eigenvalue weighted by atomic mass is 9.96. The van der Waals surface area contributed by atoms with Crippen molar-refractivity contribution in [3.63, 3.8) is 0 Å². The summed E-state index contributed by atoms with van der Waals surface area (Å²) in [6.07, 6.45) is 1.12. The Morgan fingerprint density at radius 2 is 1.69 bits per heavy atom. The molecule has 0 aliphatic carbocycles. The summed E-state index contributed by atoms with van der Waals surface area (Å²) in [5.41, 5.74) is 3.13. The van der Waals surface area contributed by atoms with Gasteiger partial charge in [-0.05, 0) is 29.9 Å². The average Bonchev–Trinajstić information content (AvgIpc) is 2.25. The number of aryl methyl sites for hydroxylation is 1. The summed E-state index contributed by atoms with van der Waals surface area (Å²) in [5.74, 6) is 0. The Morgan fingerprint density at radius 3 is 2.12 bits per heavy atom. The normalized spacial score (nSPS) is 13.8. The highest BCUT2D eigenvalue weighted by Crippen LogP contribution is 2.17. The minimum atomic E-state index is 0.345. The standard InChI is InChI=1S/C15H25N/c1-6-13-7-9-14(10-8-13)12(2)16-11-15(3,4)5/h7-10,12,16H,6,11H2,1-5H3. The highest BCUT2D eigenvalue weighted by Gasteiger charge is 2.12. The molecule has 1 atom stereocenters. The van der Waals surface area contributed by atoms with E-state index in [4.69, 9.17) is 0 Å². The fraction of sp³-hybridized carbons (Fsp3) is 0.600. The quantitative estimate of drug-likeness (QED) is 0.808. The smallest absolute Gasteiger partial charge is 0.0292 e. The number of hydrogen-bond donors (Lipinski definition) is 1. The number of rotatable bonds is 4. The Labute approximate surface area is 100 Å². The molecule has 0 radical (unpaired) electrons. The Hall–Kier alpha value is -0.820. The van der Waals surface area contributed by atoms with Crippen LogP contribution in [0, 0.1) is 5.41 Å². The van der Waals surface area contributed by atoms with Gasteiger partial charge in [0, 0.05) is 12.6 Å².